The molecule has 0 radical (unpaired) electrons. The fraction of sp³-hybridized carbons (Fsp3) is 0.0588. The predicted octanol–water partition coefficient (Wildman–Crippen LogP) is 3.71. The molecule has 0 fully saturated rings. The fourth-order valence-electron chi connectivity index (χ4n) is 2.37. The second-order valence-electron chi connectivity index (χ2n) is 5.38. The van der Waals surface area contributed by atoms with Gasteiger partial charge in [0.1, 0.15) is 5.75 Å². The molecule has 0 aliphatic rings. The molecule has 0 amide bonds. The molecular formula is C17H13N5O5. The molecule has 0 unspecified atom stereocenters. The van der Waals surface area contributed by atoms with Gasteiger partial charge < -0.3 is 10.1 Å². The van der Waals surface area contributed by atoms with Gasteiger partial charge in [-0.25, -0.2) is 0 Å². The molecule has 3 rings (SSSR count). The van der Waals surface area contributed by atoms with E-state index in [0.29, 0.717) is 22.8 Å². The molecule has 0 aliphatic heterocycles. The van der Waals surface area contributed by atoms with Gasteiger partial charge in [0.15, 0.2) is 5.82 Å². The minimum absolute atomic E-state index is 0.0351. The average molecular weight is 367 g/mol. The molecule has 1 heterocycles. The quantitative estimate of drug-likeness (QED) is 0.515. The molecule has 3 aromatic rings. The maximum absolute atomic E-state index is 10.9. The number of aromatic nitrogens is 2. The van der Waals surface area contributed by atoms with E-state index in [1.54, 1.807) is 24.3 Å². The summed E-state index contributed by atoms with van der Waals surface area (Å²) in [7, 11) is 1.40. The van der Waals surface area contributed by atoms with Gasteiger partial charge in [-0.3, -0.25) is 20.2 Å². The van der Waals surface area contributed by atoms with E-state index in [0.717, 1.165) is 0 Å². The molecule has 0 saturated heterocycles. The van der Waals surface area contributed by atoms with E-state index in [4.69, 9.17) is 4.74 Å². The number of nitrogens with zero attached hydrogens (tertiary/aromatic N) is 4. The summed E-state index contributed by atoms with van der Waals surface area (Å²) in [6.45, 7) is 0. The van der Waals surface area contributed by atoms with Gasteiger partial charge in [-0.2, -0.15) is 0 Å². The molecule has 0 atom stereocenters. The van der Waals surface area contributed by atoms with Crippen LogP contribution in [0.15, 0.2) is 54.6 Å². The number of rotatable bonds is 6. The molecule has 1 N–H and O–H groups in total. The number of benzene rings is 2. The van der Waals surface area contributed by atoms with Crippen molar-refractivity contribution in [1.29, 1.82) is 0 Å². The molecule has 0 spiro atoms. The number of hydrogen-bond acceptors (Lipinski definition) is 8. The molecule has 27 heavy (non-hydrogen) atoms. The summed E-state index contributed by atoms with van der Waals surface area (Å²) in [6, 6.07) is 13.5. The highest BCUT2D eigenvalue weighted by molar-refractivity contribution is 5.68. The zero-order valence-corrected chi connectivity index (χ0v) is 14.0. The van der Waals surface area contributed by atoms with E-state index in [2.05, 4.69) is 15.5 Å². The third kappa shape index (κ3) is 3.95. The lowest BCUT2D eigenvalue weighted by Crippen LogP contribution is -1.99. The van der Waals surface area contributed by atoms with Crippen molar-refractivity contribution in [3.05, 3.63) is 74.8 Å². The SMILES string of the molecule is COc1cc([N+](=O)[O-])ccc1Nc1ccc(-c2cccc([N+](=O)[O-])c2)nn1. The van der Waals surface area contributed by atoms with E-state index in [9.17, 15) is 20.2 Å². The van der Waals surface area contributed by atoms with Gasteiger partial charge >= 0.3 is 0 Å². The first kappa shape index (κ1) is 17.7. The lowest BCUT2D eigenvalue weighted by atomic mass is 10.1. The molecule has 0 bridgehead atoms. The lowest BCUT2D eigenvalue weighted by Gasteiger charge is -2.10. The summed E-state index contributed by atoms with van der Waals surface area (Å²) >= 11 is 0. The smallest absolute Gasteiger partial charge is 0.273 e. The molecule has 10 heteroatoms. The Morgan fingerprint density at radius 1 is 0.926 bits per heavy atom. The van der Waals surface area contributed by atoms with E-state index in [-0.39, 0.29) is 17.1 Å². The first-order chi connectivity index (χ1) is 13.0. The van der Waals surface area contributed by atoms with Crippen molar-refractivity contribution in [2.24, 2.45) is 0 Å². The Bertz CT molecular complexity index is 1010. The maximum Gasteiger partial charge on any atom is 0.273 e. The van der Waals surface area contributed by atoms with Crippen LogP contribution in [0.1, 0.15) is 0 Å². The topological polar surface area (TPSA) is 133 Å². The van der Waals surface area contributed by atoms with Gasteiger partial charge in [-0.15, -0.1) is 10.2 Å². The normalized spacial score (nSPS) is 10.3. The number of nitrogens with one attached hydrogen (secondary N) is 1. The Kier molecular flexibility index (Phi) is 4.88. The minimum atomic E-state index is -0.514. The number of methoxy groups -OCH3 is 1. The summed E-state index contributed by atoms with van der Waals surface area (Å²) in [5.41, 5.74) is 1.40. The van der Waals surface area contributed by atoms with Crippen molar-refractivity contribution < 1.29 is 14.6 Å². The Hall–Kier alpha value is -4.08. The Balaban J connectivity index is 1.83. The van der Waals surface area contributed by atoms with Gasteiger partial charge in [0, 0.05) is 23.8 Å². The van der Waals surface area contributed by atoms with E-state index >= 15 is 0 Å². The van der Waals surface area contributed by atoms with E-state index in [1.165, 1.54) is 37.4 Å². The number of nitro benzene ring substituents is 2. The van der Waals surface area contributed by atoms with Crippen LogP contribution >= 0.6 is 0 Å². The minimum Gasteiger partial charge on any atom is -0.494 e. The van der Waals surface area contributed by atoms with Crippen LogP contribution in [0.4, 0.5) is 22.9 Å². The molecule has 2 aromatic carbocycles. The third-order valence-corrected chi connectivity index (χ3v) is 3.68. The number of hydrogen-bond donors (Lipinski definition) is 1. The first-order valence-electron chi connectivity index (χ1n) is 7.66. The highest BCUT2D eigenvalue weighted by Gasteiger charge is 2.13. The molecule has 1 aromatic heterocycles. The highest BCUT2D eigenvalue weighted by atomic mass is 16.6. The third-order valence-electron chi connectivity index (χ3n) is 3.68. The second kappa shape index (κ2) is 7.44. The zero-order valence-electron chi connectivity index (χ0n) is 14.0. The van der Waals surface area contributed by atoms with Crippen LogP contribution in [0.5, 0.6) is 5.75 Å². The van der Waals surface area contributed by atoms with Crippen LogP contribution in [-0.2, 0) is 0 Å². The molecule has 10 nitrogen and oxygen atoms in total. The molecule has 0 aliphatic carbocycles. The number of ether oxygens (including phenoxy) is 1. The zero-order chi connectivity index (χ0) is 19.4. The van der Waals surface area contributed by atoms with Gasteiger partial charge in [-0.1, -0.05) is 12.1 Å². The molecule has 0 saturated carbocycles. The Morgan fingerprint density at radius 3 is 2.30 bits per heavy atom. The van der Waals surface area contributed by atoms with Gasteiger partial charge in [-0.05, 0) is 18.2 Å². The van der Waals surface area contributed by atoms with Crippen LogP contribution in [-0.4, -0.2) is 27.2 Å². The second-order valence-corrected chi connectivity index (χ2v) is 5.38. The summed E-state index contributed by atoms with van der Waals surface area (Å²) < 4.78 is 5.16. The van der Waals surface area contributed by atoms with Gasteiger partial charge in [0.2, 0.25) is 0 Å². The maximum atomic E-state index is 10.9. The number of nitro groups is 2. The Labute approximate surface area is 152 Å². The standard InChI is InChI=1S/C17H13N5O5/c1-27-16-10-13(22(25)26)5-6-15(16)18-17-8-7-14(19-20-17)11-3-2-4-12(9-11)21(23)24/h2-10H,1H3,(H,18,20). The largest absolute Gasteiger partial charge is 0.494 e. The highest BCUT2D eigenvalue weighted by Crippen LogP contribution is 2.31. The lowest BCUT2D eigenvalue weighted by molar-refractivity contribution is -0.385. The summed E-state index contributed by atoms with van der Waals surface area (Å²) in [4.78, 5) is 20.7. The van der Waals surface area contributed by atoms with Crippen LogP contribution in [0, 0.1) is 20.2 Å². The van der Waals surface area contributed by atoms with Crippen LogP contribution in [0.2, 0.25) is 0 Å². The molecular weight excluding hydrogens is 354 g/mol. The number of anilines is 2. The van der Waals surface area contributed by atoms with Gasteiger partial charge in [0.25, 0.3) is 11.4 Å². The summed E-state index contributed by atoms with van der Waals surface area (Å²) in [5.74, 6) is 0.671. The fourth-order valence-corrected chi connectivity index (χ4v) is 2.37. The number of non-ortho nitro benzene ring substituents is 2. The first-order valence-corrected chi connectivity index (χ1v) is 7.66. The van der Waals surface area contributed by atoms with Crippen molar-refractivity contribution in [3.8, 4) is 17.0 Å². The molecule has 136 valence electrons. The summed E-state index contributed by atoms with van der Waals surface area (Å²) in [6.07, 6.45) is 0. The average Bonchev–Trinajstić information content (AvgIpc) is 2.68. The Morgan fingerprint density at radius 2 is 1.67 bits per heavy atom. The van der Waals surface area contributed by atoms with Crippen LogP contribution in [0.3, 0.4) is 0 Å². The van der Waals surface area contributed by atoms with E-state index in [1.807, 2.05) is 0 Å². The van der Waals surface area contributed by atoms with Crippen molar-refractivity contribution in [2.45, 2.75) is 0 Å². The van der Waals surface area contributed by atoms with E-state index < -0.39 is 9.85 Å². The van der Waals surface area contributed by atoms with Crippen molar-refractivity contribution in [3.63, 3.8) is 0 Å². The summed E-state index contributed by atoms with van der Waals surface area (Å²) in [5, 5.41) is 32.8. The van der Waals surface area contributed by atoms with Crippen molar-refractivity contribution in [2.75, 3.05) is 12.4 Å². The van der Waals surface area contributed by atoms with Crippen molar-refractivity contribution in [1.82, 2.24) is 10.2 Å². The van der Waals surface area contributed by atoms with Crippen molar-refractivity contribution >= 4 is 22.9 Å². The van der Waals surface area contributed by atoms with Crippen LogP contribution < -0.4 is 10.1 Å². The predicted molar refractivity (Wildman–Crippen MR) is 97.1 cm³/mol. The van der Waals surface area contributed by atoms with Crippen LogP contribution in [0.25, 0.3) is 11.3 Å². The monoisotopic (exact) mass is 367 g/mol. The van der Waals surface area contributed by atoms with Gasteiger partial charge in [0.05, 0.1) is 34.4 Å².